The third-order valence-electron chi connectivity index (χ3n) is 3.05. The molecule has 94 valence electrons. The number of nitrogens with one attached hydrogen (secondary N) is 1. The number of amides is 1. The van der Waals surface area contributed by atoms with Crippen LogP contribution in [0.1, 0.15) is 38.9 Å². The third-order valence-corrected chi connectivity index (χ3v) is 3.05. The number of aromatic nitrogens is 1. The van der Waals surface area contributed by atoms with Crippen LogP contribution in [0.4, 0.5) is 0 Å². The first-order valence-corrected chi connectivity index (χ1v) is 6.03. The Morgan fingerprint density at radius 3 is 2.71 bits per heavy atom. The van der Waals surface area contributed by atoms with Crippen LogP contribution < -0.4 is 11.1 Å². The van der Waals surface area contributed by atoms with E-state index in [1.165, 1.54) is 0 Å². The Balaban J connectivity index is 2.57. The van der Waals surface area contributed by atoms with Gasteiger partial charge in [0.15, 0.2) is 0 Å². The highest BCUT2D eigenvalue weighted by Crippen LogP contribution is 2.10. The normalized spacial score (nSPS) is 16.0. The molecule has 0 aliphatic heterocycles. The Hall–Kier alpha value is -1.42. The smallest absolute Gasteiger partial charge is 0.237 e. The van der Waals surface area contributed by atoms with E-state index in [1.54, 1.807) is 6.20 Å². The molecule has 3 atom stereocenters. The average molecular weight is 235 g/mol. The van der Waals surface area contributed by atoms with Crippen molar-refractivity contribution in [1.29, 1.82) is 0 Å². The standard InChI is InChI=1S/C13H21N3O/c1-4-9(2)12(14)13(17)16-10(3)11-7-5-6-8-15-11/h5-10,12H,4,14H2,1-3H3,(H,16,17)/t9-,10-,12-/m0/s1. The van der Waals surface area contributed by atoms with Crippen molar-refractivity contribution < 1.29 is 4.79 Å². The first-order chi connectivity index (χ1) is 8.06. The topological polar surface area (TPSA) is 68.0 Å². The lowest BCUT2D eigenvalue weighted by Crippen LogP contribution is -2.45. The Morgan fingerprint density at radius 1 is 1.47 bits per heavy atom. The maximum atomic E-state index is 11.9. The molecule has 0 aromatic carbocycles. The summed E-state index contributed by atoms with van der Waals surface area (Å²) in [4.78, 5) is 16.1. The van der Waals surface area contributed by atoms with Crippen LogP contribution in [0, 0.1) is 5.92 Å². The molecule has 1 aromatic heterocycles. The summed E-state index contributed by atoms with van der Waals surface area (Å²) in [7, 11) is 0. The fourth-order valence-electron chi connectivity index (χ4n) is 1.53. The molecule has 4 nitrogen and oxygen atoms in total. The lowest BCUT2D eigenvalue weighted by Gasteiger charge is -2.20. The van der Waals surface area contributed by atoms with E-state index < -0.39 is 6.04 Å². The number of nitrogens with zero attached hydrogens (tertiary/aromatic N) is 1. The van der Waals surface area contributed by atoms with Crippen molar-refractivity contribution in [2.45, 2.75) is 39.3 Å². The number of nitrogens with two attached hydrogens (primary N) is 1. The zero-order valence-electron chi connectivity index (χ0n) is 10.7. The van der Waals surface area contributed by atoms with Gasteiger partial charge in [-0.15, -0.1) is 0 Å². The molecule has 0 aliphatic carbocycles. The molecule has 0 spiro atoms. The highest BCUT2D eigenvalue weighted by atomic mass is 16.2. The maximum absolute atomic E-state index is 11.9. The molecule has 0 unspecified atom stereocenters. The van der Waals surface area contributed by atoms with Gasteiger partial charge in [0.25, 0.3) is 0 Å². The molecule has 0 fully saturated rings. The van der Waals surface area contributed by atoms with Crippen LogP contribution in [0.5, 0.6) is 0 Å². The number of rotatable bonds is 5. The van der Waals surface area contributed by atoms with Gasteiger partial charge >= 0.3 is 0 Å². The molecule has 0 saturated carbocycles. The molecular formula is C13H21N3O. The second-order valence-electron chi connectivity index (χ2n) is 4.40. The summed E-state index contributed by atoms with van der Waals surface area (Å²) in [6.45, 7) is 5.92. The van der Waals surface area contributed by atoms with E-state index in [0.29, 0.717) is 0 Å². The molecule has 0 radical (unpaired) electrons. The molecule has 1 rings (SSSR count). The minimum atomic E-state index is -0.453. The van der Waals surface area contributed by atoms with Gasteiger partial charge < -0.3 is 11.1 Å². The number of hydrogen-bond donors (Lipinski definition) is 2. The lowest BCUT2D eigenvalue weighted by molar-refractivity contribution is -0.124. The second-order valence-corrected chi connectivity index (χ2v) is 4.40. The Bertz CT molecular complexity index is 353. The van der Waals surface area contributed by atoms with Crippen LogP contribution in [-0.4, -0.2) is 16.9 Å². The fourth-order valence-corrected chi connectivity index (χ4v) is 1.53. The Kier molecular flexibility index (Phi) is 5.10. The molecule has 17 heavy (non-hydrogen) atoms. The fraction of sp³-hybridized carbons (Fsp3) is 0.538. The molecule has 4 heteroatoms. The summed E-state index contributed by atoms with van der Waals surface area (Å²) in [6.07, 6.45) is 2.61. The molecule has 3 N–H and O–H groups in total. The molecule has 1 aromatic rings. The van der Waals surface area contributed by atoms with Crippen LogP contribution in [0.3, 0.4) is 0 Å². The quantitative estimate of drug-likeness (QED) is 0.815. The van der Waals surface area contributed by atoms with Gasteiger partial charge in [0.05, 0.1) is 17.8 Å². The van der Waals surface area contributed by atoms with Gasteiger partial charge in [-0.25, -0.2) is 0 Å². The van der Waals surface area contributed by atoms with E-state index in [4.69, 9.17) is 5.73 Å². The summed E-state index contributed by atoms with van der Waals surface area (Å²) < 4.78 is 0. The predicted octanol–water partition coefficient (Wildman–Crippen LogP) is 1.63. The molecule has 0 aliphatic rings. The van der Waals surface area contributed by atoms with Gasteiger partial charge in [-0.2, -0.15) is 0 Å². The minimum absolute atomic E-state index is 0.112. The molecule has 0 bridgehead atoms. The third kappa shape index (κ3) is 3.82. The maximum Gasteiger partial charge on any atom is 0.237 e. The van der Waals surface area contributed by atoms with Crippen molar-refractivity contribution in [1.82, 2.24) is 10.3 Å². The lowest BCUT2D eigenvalue weighted by atomic mass is 9.99. The van der Waals surface area contributed by atoms with E-state index >= 15 is 0 Å². The van der Waals surface area contributed by atoms with Gasteiger partial charge in [-0.1, -0.05) is 26.3 Å². The SMILES string of the molecule is CC[C@H](C)[C@H](N)C(=O)N[C@@H](C)c1ccccn1. The summed E-state index contributed by atoms with van der Waals surface area (Å²) in [6, 6.07) is 5.08. The van der Waals surface area contributed by atoms with Crippen molar-refractivity contribution in [2.75, 3.05) is 0 Å². The number of carbonyl (C=O) groups is 1. The van der Waals surface area contributed by atoms with E-state index in [2.05, 4.69) is 10.3 Å². The molecule has 1 heterocycles. The Morgan fingerprint density at radius 2 is 2.18 bits per heavy atom. The number of hydrogen-bond acceptors (Lipinski definition) is 3. The van der Waals surface area contributed by atoms with Crippen LogP contribution in [0.15, 0.2) is 24.4 Å². The largest absolute Gasteiger partial charge is 0.347 e. The predicted molar refractivity (Wildman–Crippen MR) is 68.2 cm³/mol. The van der Waals surface area contributed by atoms with Crippen LogP contribution >= 0.6 is 0 Å². The van der Waals surface area contributed by atoms with E-state index in [-0.39, 0.29) is 17.9 Å². The minimum Gasteiger partial charge on any atom is -0.347 e. The van der Waals surface area contributed by atoms with Crippen LogP contribution in [0.2, 0.25) is 0 Å². The highest BCUT2D eigenvalue weighted by molar-refractivity contribution is 5.82. The monoisotopic (exact) mass is 235 g/mol. The van der Waals surface area contributed by atoms with Gasteiger partial charge in [0.1, 0.15) is 0 Å². The number of carbonyl (C=O) groups excluding carboxylic acids is 1. The van der Waals surface area contributed by atoms with E-state index in [0.717, 1.165) is 12.1 Å². The second kappa shape index (κ2) is 6.35. The van der Waals surface area contributed by atoms with E-state index in [1.807, 2.05) is 39.0 Å². The van der Waals surface area contributed by atoms with Crippen molar-refractivity contribution in [2.24, 2.45) is 11.7 Å². The average Bonchev–Trinajstić information content (AvgIpc) is 2.37. The first kappa shape index (κ1) is 13.6. The Labute approximate surface area is 103 Å². The zero-order valence-corrected chi connectivity index (χ0v) is 10.7. The van der Waals surface area contributed by atoms with Crippen molar-refractivity contribution in [3.05, 3.63) is 30.1 Å². The van der Waals surface area contributed by atoms with E-state index in [9.17, 15) is 4.79 Å². The van der Waals surface area contributed by atoms with Crippen molar-refractivity contribution >= 4 is 5.91 Å². The highest BCUT2D eigenvalue weighted by Gasteiger charge is 2.21. The van der Waals surface area contributed by atoms with Crippen LogP contribution in [-0.2, 0) is 4.79 Å². The summed E-state index contributed by atoms with van der Waals surface area (Å²) in [5, 5.41) is 2.88. The number of pyridine rings is 1. The molecule has 0 saturated heterocycles. The summed E-state index contributed by atoms with van der Waals surface area (Å²) >= 11 is 0. The molecular weight excluding hydrogens is 214 g/mol. The van der Waals surface area contributed by atoms with Gasteiger partial charge in [0.2, 0.25) is 5.91 Å². The van der Waals surface area contributed by atoms with Crippen molar-refractivity contribution in [3.8, 4) is 0 Å². The van der Waals surface area contributed by atoms with Gasteiger partial charge in [0, 0.05) is 6.20 Å². The van der Waals surface area contributed by atoms with Crippen molar-refractivity contribution in [3.63, 3.8) is 0 Å². The zero-order chi connectivity index (χ0) is 12.8. The van der Waals surface area contributed by atoms with Gasteiger partial charge in [-0.3, -0.25) is 9.78 Å². The van der Waals surface area contributed by atoms with Crippen LogP contribution in [0.25, 0.3) is 0 Å². The van der Waals surface area contributed by atoms with Gasteiger partial charge in [-0.05, 0) is 25.0 Å². The first-order valence-electron chi connectivity index (χ1n) is 6.03. The summed E-state index contributed by atoms with van der Waals surface area (Å²) in [5.74, 6) is 0.0726. The molecule has 1 amide bonds. The summed E-state index contributed by atoms with van der Waals surface area (Å²) in [5.41, 5.74) is 6.71.